The summed E-state index contributed by atoms with van der Waals surface area (Å²) in [6.45, 7) is 1.25. The van der Waals surface area contributed by atoms with Gasteiger partial charge in [0.25, 0.3) is 0 Å². The van der Waals surface area contributed by atoms with Gasteiger partial charge in [-0.25, -0.2) is 14.0 Å². The number of carbonyl (C=O) groups excluding carboxylic acids is 2. The van der Waals surface area contributed by atoms with Gasteiger partial charge in [0.2, 0.25) is 5.91 Å². The SMILES string of the molecule is CC(=O)Nc1ccn(CC/C(=C/F)COC(=O)c2ccccc2)c(=O)n1. The Hall–Kier alpha value is -3.29. The molecule has 0 spiro atoms. The number of benzene rings is 1. The number of nitrogens with one attached hydrogen (secondary N) is 1. The number of esters is 1. The van der Waals surface area contributed by atoms with E-state index < -0.39 is 11.7 Å². The van der Waals surface area contributed by atoms with Gasteiger partial charge < -0.3 is 10.1 Å². The van der Waals surface area contributed by atoms with Crippen LogP contribution in [0.5, 0.6) is 0 Å². The number of hydrogen-bond acceptors (Lipinski definition) is 5. The third kappa shape index (κ3) is 5.66. The first-order valence-electron chi connectivity index (χ1n) is 7.85. The molecule has 8 heteroatoms. The van der Waals surface area contributed by atoms with Crippen LogP contribution in [0, 0.1) is 0 Å². The minimum absolute atomic E-state index is 0.150. The van der Waals surface area contributed by atoms with Crippen LogP contribution in [0.15, 0.2) is 59.3 Å². The van der Waals surface area contributed by atoms with E-state index in [-0.39, 0.29) is 36.9 Å². The second-order valence-electron chi connectivity index (χ2n) is 5.43. The molecule has 1 aromatic heterocycles. The first-order chi connectivity index (χ1) is 12.5. The molecule has 2 aromatic rings. The van der Waals surface area contributed by atoms with Gasteiger partial charge in [0.1, 0.15) is 12.4 Å². The van der Waals surface area contributed by atoms with Gasteiger partial charge in [0.05, 0.1) is 11.9 Å². The summed E-state index contributed by atoms with van der Waals surface area (Å²) in [7, 11) is 0. The van der Waals surface area contributed by atoms with Gasteiger partial charge in [-0.3, -0.25) is 9.36 Å². The molecule has 0 aliphatic carbocycles. The first kappa shape index (κ1) is 19.0. The monoisotopic (exact) mass is 359 g/mol. The van der Waals surface area contributed by atoms with E-state index in [1.165, 1.54) is 23.8 Å². The lowest BCUT2D eigenvalue weighted by Gasteiger charge is -2.09. The number of aromatic nitrogens is 2. The van der Waals surface area contributed by atoms with E-state index in [0.717, 1.165) is 0 Å². The van der Waals surface area contributed by atoms with Crippen LogP contribution >= 0.6 is 0 Å². The van der Waals surface area contributed by atoms with E-state index in [1.54, 1.807) is 30.3 Å². The van der Waals surface area contributed by atoms with Crippen molar-refractivity contribution >= 4 is 17.7 Å². The molecule has 2 rings (SSSR count). The van der Waals surface area contributed by atoms with E-state index in [1.807, 2.05) is 0 Å². The molecule has 0 atom stereocenters. The summed E-state index contributed by atoms with van der Waals surface area (Å²) in [5, 5.41) is 2.40. The molecule has 0 bridgehead atoms. The van der Waals surface area contributed by atoms with Crippen LogP contribution in [0.1, 0.15) is 23.7 Å². The number of anilines is 1. The molecule has 1 aromatic carbocycles. The van der Waals surface area contributed by atoms with Gasteiger partial charge in [-0.05, 0) is 30.2 Å². The lowest BCUT2D eigenvalue weighted by atomic mass is 10.2. The fraction of sp³-hybridized carbons (Fsp3) is 0.222. The standard InChI is InChI=1S/C18H18FN3O4/c1-13(23)20-16-8-10-22(18(25)21-16)9-7-14(11-19)12-26-17(24)15-5-3-2-4-6-15/h2-6,8,10-11H,7,9,12H2,1H3,(H,20,21,23,25)/b14-11-. The molecule has 7 nitrogen and oxygen atoms in total. The van der Waals surface area contributed by atoms with Crippen molar-refractivity contribution < 1.29 is 18.7 Å². The first-order valence-corrected chi connectivity index (χ1v) is 7.85. The molecule has 0 saturated heterocycles. The van der Waals surface area contributed by atoms with E-state index in [0.29, 0.717) is 11.9 Å². The average molecular weight is 359 g/mol. The fourth-order valence-electron chi connectivity index (χ4n) is 2.09. The number of amides is 1. The van der Waals surface area contributed by atoms with Gasteiger partial charge in [0, 0.05) is 19.7 Å². The molecule has 0 radical (unpaired) electrons. The largest absolute Gasteiger partial charge is 0.457 e. The molecule has 1 heterocycles. The molecule has 0 aliphatic rings. The lowest BCUT2D eigenvalue weighted by molar-refractivity contribution is -0.114. The van der Waals surface area contributed by atoms with Crippen LogP contribution in [-0.4, -0.2) is 28.0 Å². The van der Waals surface area contributed by atoms with Crippen molar-refractivity contribution in [2.24, 2.45) is 0 Å². The van der Waals surface area contributed by atoms with Crippen LogP contribution in [0.2, 0.25) is 0 Å². The van der Waals surface area contributed by atoms with Gasteiger partial charge in [-0.1, -0.05) is 18.2 Å². The molecular weight excluding hydrogens is 341 g/mol. The zero-order valence-corrected chi connectivity index (χ0v) is 14.1. The summed E-state index contributed by atoms with van der Waals surface area (Å²) >= 11 is 0. The fourth-order valence-corrected chi connectivity index (χ4v) is 2.09. The summed E-state index contributed by atoms with van der Waals surface area (Å²) in [6.07, 6.45) is 1.98. The Balaban J connectivity index is 1.90. The summed E-state index contributed by atoms with van der Waals surface area (Å²) < 4.78 is 19.4. The van der Waals surface area contributed by atoms with Gasteiger partial charge in [-0.2, -0.15) is 4.98 Å². The molecule has 26 heavy (non-hydrogen) atoms. The van der Waals surface area contributed by atoms with Crippen molar-refractivity contribution in [1.29, 1.82) is 0 Å². The Labute approximate surface area is 149 Å². The lowest BCUT2D eigenvalue weighted by Crippen LogP contribution is -2.24. The van der Waals surface area contributed by atoms with E-state index in [4.69, 9.17) is 4.74 Å². The third-order valence-electron chi connectivity index (χ3n) is 3.40. The third-order valence-corrected chi connectivity index (χ3v) is 3.40. The predicted molar refractivity (Wildman–Crippen MR) is 93.3 cm³/mol. The van der Waals surface area contributed by atoms with Crippen LogP contribution in [0.3, 0.4) is 0 Å². The number of halogens is 1. The summed E-state index contributed by atoms with van der Waals surface area (Å²) in [4.78, 5) is 38.4. The Morgan fingerprint density at radius 1 is 1.27 bits per heavy atom. The van der Waals surface area contributed by atoms with E-state index in [9.17, 15) is 18.8 Å². The number of carbonyl (C=O) groups is 2. The minimum atomic E-state index is -0.573. The number of hydrogen-bond donors (Lipinski definition) is 1. The smallest absolute Gasteiger partial charge is 0.349 e. The maximum atomic E-state index is 13.0. The van der Waals surface area contributed by atoms with Crippen molar-refractivity contribution in [3.05, 3.63) is 70.5 Å². The van der Waals surface area contributed by atoms with Gasteiger partial charge in [0.15, 0.2) is 0 Å². The average Bonchev–Trinajstić information content (AvgIpc) is 2.63. The van der Waals surface area contributed by atoms with Gasteiger partial charge >= 0.3 is 11.7 Å². The highest BCUT2D eigenvalue weighted by Gasteiger charge is 2.09. The number of nitrogens with zero attached hydrogens (tertiary/aromatic N) is 2. The Morgan fingerprint density at radius 3 is 2.62 bits per heavy atom. The summed E-state index contributed by atoms with van der Waals surface area (Å²) in [6, 6.07) is 9.84. The molecule has 1 N–H and O–H groups in total. The molecule has 1 amide bonds. The zero-order chi connectivity index (χ0) is 18.9. The zero-order valence-electron chi connectivity index (χ0n) is 14.1. The topological polar surface area (TPSA) is 90.3 Å². The Kier molecular flexibility index (Phi) is 6.78. The highest BCUT2D eigenvalue weighted by Crippen LogP contribution is 2.08. The van der Waals surface area contributed by atoms with Crippen molar-refractivity contribution in [2.75, 3.05) is 11.9 Å². The second-order valence-corrected chi connectivity index (χ2v) is 5.43. The predicted octanol–water partition coefficient (Wildman–Crippen LogP) is 2.30. The van der Waals surface area contributed by atoms with Crippen molar-refractivity contribution in [2.45, 2.75) is 19.9 Å². The van der Waals surface area contributed by atoms with Crippen molar-refractivity contribution in [3.63, 3.8) is 0 Å². The molecule has 0 fully saturated rings. The van der Waals surface area contributed by atoms with Crippen LogP contribution < -0.4 is 11.0 Å². The summed E-state index contributed by atoms with van der Waals surface area (Å²) in [5.41, 5.74) is 0.0301. The maximum Gasteiger partial charge on any atom is 0.349 e. The quantitative estimate of drug-likeness (QED) is 0.766. The number of rotatable bonds is 7. The number of ether oxygens (including phenoxy) is 1. The molecule has 136 valence electrons. The normalized spacial score (nSPS) is 11.1. The molecule has 0 saturated carbocycles. The van der Waals surface area contributed by atoms with Crippen LogP contribution in [0.4, 0.5) is 10.2 Å². The summed E-state index contributed by atoms with van der Waals surface area (Å²) in [5.74, 6) is -0.738. The van der Waals surface area contributed by atoms with Crippen molar-refractivity contribution in [1.82, 2.24) is 9.55 Å². The Morgan fingerprint density at radius 2 is 2.00 bits per heavy atom. The van der Waals surface area contributed by atoms with Crippen LogP contribution in [0.25, 0.3) is 0 Å². The van der Waals surface area contributed by atoms with E-state index in [2.05, 4.69) is 10.3 Å². The molecule has 0 aliphatic heterocycles. The minimum Gasteiger partial charge on any atom is -0.457 e. The second kappa shape index (κ2) is 9.26. The highest BCUT2D eigenvalue weighted by molar-refractivity contribution is 5.89. The highest BCUT2D eigenvalue weighted by atomic mass is 19.1. The molecule has 0 unspecified atom stereocenters. The Bertz CT molecular complexity index is 862. The van der Waals surface area contributed by atoms with E-state index >= 15 is 0 Å². The molecular formula is C18H18FN3O4. The van der Waals surface area contributed by atoms with Crippen LogP contribution in [-0.2, 0) is 16.1 Å². The number of aryl methyl sites for hydroxylation is 1. The van der Waals surface area contributed by atoms with Crippen molar-refractivity contribution in [3.8, 4) is 0 Å². The van der Waals surface area contributed by atoms with Gasteiger partial charge in [-0.15, -0.1) is 0 Å². The maximum absolute atomic E-state index is 13.0.